The molecule has 0 aliphatic carbocycles. The minimum Gasteiger partial charge on any atom is -0.394 e. The van der Waals surface area contributed by atoms with Gasteiger partial charge in [0.25, 0.3) is 0 Å². The molecule has 0 radical (unpaired) electrons. The quantitative estimate of drug-likeness (QED) is 0.576. The highest BCUT2D eigenvalue weighted by molar-refractivity contribution is 5.88. The third-order valence-corrected chi connectivity index (χ3v) is 4.04. The van der Waals surface area contributed by atoms with E-state index in [4.69, 9.17) is 0 Å². The van der Waals surface area contributed by atoms with Gasteiger partial charge in [-0.15, -0.1) is 0 Å². The van der Waals surface area contributed by atoms with Crippen LogP contribution in [0.5, 0.6) is 0 Å². The number of anilines is 1. The lowest BCUT2D eigenvalue weighted by atomic mass is 10.1. The molecule has 0 aliphatic heterocycles. The number of H-pyrrole nitrogens is 1. The van der Waals surface area contributed by atoms with Crippen molar-refractivity contribution in [2.75, 3.05) is 11.9 Å². The van der Waals surface area contributed by atoms with Crippen LogP contribution in [0.2, 0.25) is 0 Å². The summed E-state index contributed by atoms with van der Waals surface area (Å²) in [6.45, 7) is 3.68. The molecule has 4 N–H and O–H groups in total. The van der Waals surface area contributed by atoms with Crippen LogP contribution in [-0.2, 0) is 6.42 Å². The molecule has 3 rings (SSSR count). The zero-order chi connectivity index (χ0) is 17.8. The number of benzene rings is 1. The van der Waals surface area contributed by atoms with Crippen LogP contribution in [-0.4, -0.2) is 33.8 Å². The van der Waals surface area contributed by atoms with Gasteiger partial charge in [0.05, 0.1) is 12.6 Å². The number of aliphatic hydroxyl groups excluding tert-OH is 1. The molecule has 2 aromatic heterocycles. The fourth-order valence-corrected chi connectivity index (χ4v) is 2.97. The summed E-state index contributed by atoms with van der Waals surface area (Å²) in [6.07, 6.45) is 2.45. The standard InChI is InChI=1S/C19H22N4O2/c1-12-7-13(2)21-18(8-12)23-19(25)22-15(11-24)9-14-10-20-17-6-4-3-5-16(14)17/h3-8,10,15,20,24H,9,11H2,1-2H3,(H2,21,22,23,25). The van der Waals surface area contributed by atoms with Gasteiger partial charge in [0, 0.05) is 22.8 Å². The van der Waals surface area contributed by atoms with Gasteiger partial charge in [-0.25, -0.2) is 9.78 Å². The topological polar surface area (TPSA) is 90.0 Å². The van der Waals surface area contributed by atoms with Gasteiger partial charge in [-0.2, -0.15) is 0 Å². The first-order valence-electron chi connectivity index (χ1n) is 8.24. The van der Waals surface area contributed by atoms with Gasteiger partial charge in [0.2, 0.25) is 0 Å². The smallest absolute Gasteiger partial charge is 0.320 e. The summed E-state index contributed by atoms with van der Waals surface area (Å²) in [5.41, 5.74) is 3.96. The van der Waals surface area contributed by atoms with Crippen molar-refractivity contribution in [1.82, 2.24) is 15.3 Å². The third kappa shape index (κ3) is 4.16. The van der Waals surface area contributed by atoms with E-state index in [1.54, 1.807) is 6.07 Å². The first-order chi connectivity index (χ1) is 12.0. The zero-order valence-electron chi connectivity index (χ0n) is 14.3. The second kappa shape index (κ2) is 7.36. The first-order valence-corrected chi connectivity index (χ1v) is 8.24. The summed E-state index contributed by atoms with van der Waals surface area (Å²) in [4.78, 5) is 19.7. The molecule has 130 valence electrons. The lowest BCUT2D eigenvalue weighted by Gasteiger charge is -2.16. The van der Waals surface area contributed by atoms with E-state index in [2.05, 4.69) is 20.6 Å². The molecule has 0 saturated heterocycles. The second-order valence-electron chi connectivity index (χ2n) is 6.21. The van der Waals surface area contributed by atoms with E-state index in [9.17, 15) is 9.90 Å². The van der Waals surface area contributed by atoms with Crippen molar-refractivity contribution in [2.45, 2.75) is 26.3 Å². The second-order valence-corrected chi connectivity index (χ2v) is 6.21. The molecular formula is C19H22N4O2. The highest BCUT2D eigenvalue weighted by Crippen LogP contribution is 2.19. The van der Waals surface area contributed by atoms with Crippen molar-refractivity contribution in [3.63, 3.8) is 0 Å². The largest absolute Gasteiger partial charge is 0.394 e. The van der Waals surface area contributed by atoms with Crippen LogP contribution >= 0.6 is 0 Å². The third-order valence-electron chi connectivity index (χ3n) is 4.04. The van der Waals surface area contributed by atoms with Crippen LogP contribution in [0, 0.1) is 13.8 Å². The van der Waals surface area contributed by atoms with Crippen molar-refractivity contribution >= 4 is 22.8 Å². The normalized spacial score (nSPS) is 12.1. The van der Waals surface area contributed by atoms with E-state index >= 15 is 0 Å². The number of carbonyl (C=O) groups is 1. The number of aromatic nitrogens is 2. The van der Waals surface area contributed by atoms with E-state index in [1.165, 1.54) is 0 Å². The Morgan fingerprint density at radius 1 is 1.28 bits per heavy atom. The van der Waals surface area contributed by atoms with Crippen molar-refractivity contribution in [1.29, 1.82) is 0 Å². The minimum absolute atomic E-state index is 0.146. The van der Waals surface area contributed by atoms with Crippen LogP contribution in [0.25, 0.3) is 10.9 Å². The van der Waals surface area contributed by atoms with E-state index in [0.29, 0.717) is 12.2 Å². The summed E-state index contributed by atoms with van der Waals surface area (Å²) in [5, 5.41) is 16.3. The van der Waals surface area contributed by atoms with Gasteiger partial charge in [-0.3, -0.25) is 5.32 Å². The fraction of sp³-hybridized carbons (Fsp3) is 0.263. The Morgan fingerprint density at radius 3 is 2.84 bits per heavy atom. The Labute approximate surface area is 146 Å². The Balaban J connectivity index is 1.66. The molecular weight excluding hydrogens is 316 g/mol. The van der Waals surface area contributed by atoms with E-state index in [1.807, 2.05) is 50.4 Å². The lowest BCUT2D eigenvalue weighted by molar-refractivity contribution is 0.224. The summed E-state index contributed by atoms with van der Waals surface area (Å²) in [5.74, 6) is 0.499. The number of nitrogens with one attached hydrogen (secondary N) is 3. The van der Waals surface area contributed by atoms with Gasteiger partial charge in [-0.05, 0) is 49.6 Å². The van der Waals surface area contributed by atoms with E-state index in [-0.39, 0.29) is 18.7 Å². The molecule has 3 aromatic rings. The maximum atomic E-state index is 12.2. The predicted molar refractivity (Wildman–Crippen MR) is 98.7 cm³/mol. The number of hydrogen-bond acceptors (Lipinski definition) is 3. The number of hydrogen-bond donors (Lipinski definition) is 4. The Hall–Kier alpha value is -2.86. The predicted octanol–water partition coefficient (Wildman–Crippen LogP) is 2.90. The molecule has 0 spiro atoms. The van der Waals surface area contributed by atoms with Crippen LogP contribution in [0.1, 0.15) is 16.8 Å². The molecule has 0 fully saturated rings. The average Bonchev–Trinajstić information content (AvgIpc) is 2.96. The number of carbonyl (C=O) groups excluding carboxylic acids is 1. The summed E-state index contributed by atoms with van der Waals surface area (Å²) in [6, 6.07) is 10.9. The Kier molecular flexibility index (Phi) is 5.00. The van der Waals surface area contributed by atoms with Crippen LogP contribution < -0.4 is 10.6 Å². The highest BCUT2D eigenvalue weighted by Gasteiger charge is 2.15. The summed E-state index contributed by atoms with van der Waals surface area (Å²) in [7, 11) is 0. The Morgan fingerprint density at radius 2 is 2.08 bits per heavy atom. The maximum Gasteiger partial charge on any atom is 0.320 e. The van der Waals surface area contributed by atoms with E-state index in [0.717, 1.165) is 27.7 Å². The Bertz CT molecular complexity index is 868. The number of rotatable bonds is 5. The van der Waals surface area contributed by atoms with E-state index < -0.39 is 0 Å². The highest BCUT2D eigenvalue weighted by atomic mass is 16.3. The van der Waals surface area contributed by atoms with Gasteiger partial charge in [-0.1, -0.05) is 18.2 Å². The van der Waals surface area contributed by atoms with Crippen LogP contribution in [0.3, 0.4) is 0 Å². The molecule has 2 heterocycles. The number of urea groups is 1. The number of amides is 2. The number of para-hydroxylation sites is 1. The van der Waals surface area contributed by atoms with Crippen LogP contribution in [0.15, 0.2) is 42.6 Å². The van der Waals surface area contributed by atoms with Gasteiger partial charge < -0.3 is 15.4 Å². The number of aromatic amines is 1. The molecule has 0 saturated carbocycles. The molecule has 6 heteroatoms. The molecule has 0 aliphatic rings. The van der Waals surface area contributed by atoms with Crippen molar-refractivity contribution < 1.29 is 9.90 Å². The van der Waals surface area contributed by atoms with Gasteiger partial charge in [0.15, 0.2) is 0 Å². The summed E-state index contributed by atoms with van der Waals surface area (Å²) >= 11 is 0. The number of nitrogens with zero attached hydrogens (tertiary/aromatic N) is 1. The lowest BCUT2D eigenvalue weighted by Crippen LogP contribution is -2.41. The average molecular weight is 338 g/mol. The maximum absolute atomic E-state index is 12.2. The molecule has 25 heavy (non-hydrogen) atoms. The van der Waals surface area contributed by atoms with Gasteiger partial charge in [0.1, 0.15) is 5.82 Å². The minimum atomic E-state index is -0.384. The SMILES string of the molecule is Cc1cc(C)nc(NC(=O)NC(CO)Cc2c[nH]c3ccccc23)c1. The number of aryl methyl sites for hydroxylation is 2. The monoisotopic (exact) mass is 338 g/mol. The first kappa shape index (κ1) is 17.0. The molecule has 2 amide bonds. The number of fused-ring (bicyclic) bond motifs is 1. The zero-order valence-corrected chi connectivity index (χ0v) is 14.3. The fourth-order valence-electron chi connectivity index (χ4n) is 2.97. The molecule has 0 bridgehead atoms. The summed E-state index contributed by atoms with van der Waals surface area (Å²) < 4.78 is 0. The van der Waals surface area contributed by atoms with Gasteiger partial charge >= 0.3 is 6.03 Å². The molecule has 1 aromatic carbocycles. The van der Waals surface area contributed by atoms with Crippen LogP contribution in [0.4, 0.5) is 10.6 Å². The molecule has 6 nitrogen and oxygen atoms in total. The van der Waals surface area contributed by atoms with Crippen molar-refractivity contribution in [3.8, 4) is 0 Å². The number of pyridine rings is 1. The van der Waals surface area contributed by atoms with Crippen molar-refractivity contribution in [3.05, 3.63) is 59.4 Å². The molecule has 1 unspecified atom stereocenters. The van der Waals surface area contributed by atoms with Crippen molar-refractivity contribution in [2.24, 2.45) is 0 Å². The molecule has 1 atom stereocenters. The number of aliphatic hydroxyl groups is 1.